The molecule has 0 radical (unpaired) electrons. The van der Waals surface area contributed by atoms with Crippen LogP contribution in [0.15, 0.2) is 18.2 Å². The van der Waals surface area contributed by atoms with Crippen molar-refractivity contribution in [3.63, 3.8) is 0 Å². The zero-order valence-electron chi connectivity index (χ0n) is 13.3. The largest absolute Gasteiger partial charge is 0.497 e. The Labute approximate surface area is 122 Å². The third kappa shape index (κ3) is 3.59. The van der Waals surface area contributed by atoms with Crippen LogP contribution in [-0.4, -0.2) is 20.3 Å². The summed E-state index contributed by atoms with van der Waals surface area (Å²) in [5.41, 5.74) is 1.56. The first-order valence-corrected chi connectivity index (χ1v) is 7.43. The van der Waals surface area contributed by atoms with E-state index in [4.69, 9.17) is 9.47 Å². The lowest BCUT2D eigenvalue weighted by Gasteiger charge is -2.40. The van der Waals surface area contributed by atoms with Gasteiger partial charge in [-0.3, -0.25) is 0 Å². The van der Waals surface area contributed by atoms with Crippen LogP contribution < -0.4 is 14.8 Å². The summed E-state index contributed by atoms with van der Waals surface area (Å²) in [6.07, 6.45) is 3.76. The molecule has 112 valence electrons. The van der Waals surface area contributed by atoms with E-state index in [2.05, 4.69) is 26.1 Å². The Kier molecular flexibility index (Phi) is 4.46. The minimum absolute atomic E-state index is 0.476. The highest BCUT2D eigenvalue weighted by Gasteiger charge is 2.32. The monoisotopic (exact) mass is 277 g/mol. The van der Waals surface area contributed by atoms with Gasteiger partial charge >= 0.3 is 0 Å². The number of benzene rings is 1. The van der Waals surface area contributed by atoms with E-state index < -0.39 is 0 Å². The average molecular weight is 277 g/mol. The van der Waals surface area contributed by atoms with Crippen LogP contribution in [0.5, 0.6) is 11.5 Å². The van der Waals surface area contributed by atoms with Crippen LogP contribution in [0.3, 0.4) is 0 Å². The van der Waals surface area contributed by atoms with Crippen molar-refractivity contribution < 1.29 is 9.47 Å². The van der Waals surface area contributed by atoms with Gasteiger partial charge in [0.15, 0.2) is 0 Å². The zero-order valence-corrected chi connectivity index (χ0v) is 13.3. The van der Waals surface area contributed by atoms with Crippen molar-refractivity contribution >= 4 is 5.69 Å². The topological polar surface area (TPSA) is 30.5 Å². The molecule has 2 atom stereocenters. The number of hydrogen-bond acceptors (Lipinski definition) is 3. The van der Waals surface area contributed by atoms with E-state index >= 15 is 0 Å². The molecule has 0 amide bonds. The number of methoxy groups -OCH3 is 2. The summed E-state index contributed by atoms with van der Waals surface area (Å²) in [6, 6.07) is 6.50. The van der Waals surface area contributed by atoms with Crippen LogP contribution >= 0.6 is 0 Å². The molecule has 2 rings (SSSR count). The standard InChI is InChI=1S/C17H27NO2/c1-12-11-17(2,3)7-6-16(12)18-13-8-14(19-4)10-15(9-13)20-5/h8-10,12,16,18H,6-7,11H2,1-5H3. The lowest BCUT2D eigenvalue weighted by Crippen LogP contribution is -2.36. The molecule has 3 nitrogen and oxygen atoms in total. The molecule has 0 aliphatic heterocycles. The molecule has 1 aliphatic carbocycles. The maximum Gasteiger partial charge on any atom is 0.124 e. The van der Waals surface area contributed by atoms with Gasteiger partial charge in [-0.25, -0.2) is 0 Å². The molecule has 3 heteroatoms. The molecule has 0 spiro atoms. The number of anilines is 1. The van der Waals surface area contributed by atoms with Crippen LogP contribution in [0.2, 0.25) is 0 Å². The second kappa shape index (κ2) is 5.94. The molecule has 1 aromatic rings. The summed E-state index contributed by atoms with van der Waals surface area (Å²) in [7, 11) is 3.37. The summed E-state index contributed by atoms with van der Waals surface area (Å²) in [5.74, 6) is 2.34. The highest BCUT2D eigenvalue weighted by atomic mass is 16.5. The van der Waals surface area contributed by atoms with Gasteiger partial charge in [0.1, 0.15) is 11.5 Å². The molecule has 0 saturated heterocycles. The van der Waals surface area contributed by atoms with Crippen molar-refractivity contribution in [1.29, 1.82) is 0 Å². The second-order valence-corrected chi connectivity index (χ2v) is 6.74. The molecular formula is C17H27NO2. The van der Waals surface area contributed by atoms with Crippen molar-refractivity contribution in [2.75, 3.05) is 19.5 Å². The van der Waals surface area contributed by atoms with Crippen molar-refractivity contribution in [1.82, 2.24) is 0 Å². The van der Waals surface area contributed by atoms with Crippen LogP contribution in [0.4, 0.5) is 5.69 Å². The molecule has 1 aromatic carbocycles. The summed E-state index contributed by atoms with van der Waals surface area (Å²) in [5, 5.41) is 3.66. The van der Waals surface area contributed by atoms with E-state index in [-0.39, 0.29) is 0 Å². The lowest BCUT2D eigenvalue weighted by atomic mass is 9.70. The van der Waals surface area contributed by atoms with Gasteiger partial charge in [0, 0.05) is 29.9 Å². The van der Waals surface area contributed by atoms with Crippen LogP contribution in [0.1, 0.15) is 40.0 Å². The zero-order chi connectivity index (χ0) is 14.8. The summed E-state index contributed by atoms with van der Waals surface area (Å²) in [6.45, 7) is 7.08. The molecular weight excluding hydrogens is 250 g/mol. The Morgan fingerprint density at radius 3 is 2.20 bits per heavy atom. The number of hydrogen-bond donors (Lipinski definition) is 1. The van der Waals surface area contributed by atoms with E-state index in [1.54, 1.807) is 14.2 Å². The first-order chi connectivity index (χ1) is 9.43. The number of nitrogens with one attached hydrogen (secondary N) is 1. The third-order valence-electron chi connectivity index (χ3n) is 4.40. The molecule has 1 saturated carbocycles. The molecule has 1 N–H and O–H groups in total. The molecule has 2 unspecified atom stereocenters. The van der Waals surface area contributed by atoms with Crippen molar-refractivity contribution in [2.24, 2.45) is 11.3 Å². The van der Waals surface area contributed by atoms with Gasteiger partial charge < -0.3 is 14.8 Å². The van der Waals surface area contributed by atoms with Gasteiger partial charge in [-0.05, 0) is 30.6 Å². The highest BCUT2D eigenvalue weighted by molar-refractivity contribution is 5.54. The minimum atomic E-state index is 0.476. The third-order valence-corrected chi connectivity index (χ3v) is 4.40. The Morgan fingerprint density at radius 2 is 1.70 bits per heavy atom. The quantitative estimate of drug-likeness (QED) is 0.888. The van der Waals surface area contributed by atoms with Crippen molar-refractivity contribution in [3.05, 3.63) is 18.2 Å². The van der Waals surface area contributed by atoms with Gasteiger partial charge in [-0.2, -0.15) is 0 Å². The number of rotatable bonds is 4. The van der Waals surface area contributed by atoms with E-state index in [1.165, 1.54) is 19.3 Å². The molecule has 20 heavy (non-hydrogen) atoms. The summed E-state index contributed by atoms with van der Waals surface area (Å²) < 4.78 is 10.7. The molecule has 0 bridgehead atoms. The van der Waals surface area contributed by atoms with E-state index in [1.807, 2.05) is 18.2 Å². The first-order valence-electron chi connectivity index (χ1n) is 7.43. The Morgan fingerprint density at radius 1 is 1.10 bits per heavy atom. The Balaban J connectivity index is 2.10. The molecule has 0 heterocycles. The molecule has 1 fully saturated rings. The predicted octanol–water partition coefficient (Wildman–Crippen LogP) is 4.33. The molecule has 1 aliphatic rings. The van der Waals surface area contributed by atoms with Gasteiger partial charge in [-0.1, -0.05) is 20.8 Å². The fourth-order valence-corrected chi connectivity index (χ4v) is 3.27. The fraction of sp³-hybridized carbons (Fsp3) is 0.647. The Hall–Kier alpha value is -1.38. The summed E-state index contributed by atoms with van der Waals surface area (Å²) >= 11 is 0. The Bertz CT molecular complexity index is 434. The number of ether oxygens (including phenoxy) is 2. The summed E-state index contributed by atoms with van der Waals surface area (Å²) in [4.78, 5) is 0. The van der Waals surface area contributed by atoms with Gasteiger partial charge in [0.25, 0.3) is 0 Å². The molecule has 0 aromatic heterocycles. The SMILES string of the molecule is COc1cc(NC2CCC(C)(C)CC2C)cc(OC)c1. The van der Waals surface area contributed by atoms with Crippen molar-refractivity contribution in [3.8, 4) is 11.5 Å². The van der Waals surface area contributed by atoms with Gasteiger partial charge in [-0.15, -0.1) is 0 Å². The maximum absolute atomic E-state index is 5.33. The fourth-order valence-electron chi connectivity index (χ4n) is 3.27. The van der Waals surface area contributed by atoms with Gasteiger partial charge in [0.2, 0.25) is 0 Å². The van der Waals surface area contributed by atoms with Crippen LogP contribution in [-0.2, 0) is 0 Å². The maximum atomic E-state index is 5.33. The normalized spacial score (nSPS) is 25.1. The van der Waals surface area contributed by atoms with Crippen LogP contribution in [0.25, 0.3) is 0 Å². The van der Waals surface area contributed by atoms with Crippen molar-refractivity contribution in [2.45, 2.75) is 46.1 Å². The minimum Gasteiger partial charge on any atom is -0.497 e. The van der Waals surface area contributed by atoms with Gasteiger partial charge in [0.05, 0.1) is 14.2 Å². The smallest absolute Gasteiger partial charge is 0.124 e. The van der Waals surface area contributed by atoms with Crippen LogP contribution in [0, 0.1) is 11.3 Å². The first kappa shape index (κ1) is 15.0. The van der Waals surface area contributed by atoms with E-state index in [0.29, 0.717) is 17.4 Å². The predicted molar refractivity (Wildman–Crippen MR) is 83.8 cm³/mol. The lowest BCUT2D eigenvalue weighted by molar-refractivity contribution is 0.177. The average Bonchev–Trinajstić information content (AvgIpc) is 2.41. The second-order valence-electron chi connectivity index (χ2n) is 6.74. The highest BCUT2D eigenvalue weighted by Crippen LogP contribution is 2.40. The van der Waals surface area contributed by atoms with E-state index in [9.17, 15) is 0 Å². The van der Waals surface area contributed by atoms with E-state index in [0.717, 1.165) is 17.2 Å².